The van der Waals surface area contributed by atoms with Crippen LogP contribution in [-0.2, 0) is 23.9 Å². The fourth-order valence-corrected chi connectivity index (χ4v) is 7.63. The number of alkyl halides is 1. The summed E-state index contributed by atoms with van der Waals surface area (Å²) in [6.07, 6.45) is 10.9. The molecule has 0 aromatic carbocycles. The fraction of sp³-hybridized carbons (Fsp3) is 0.767. The van der Waals surface area contributed by atoms with Gasteiger partial charge < -0.3 is 24.4 Å². The number of esters is 1. The largest absolute Gasteiger partial charge is 0.465 e. The number of aliphatic hydroxyl groups excluding tert-OH is 1. The molecule has 9 heteroatoms. The minimum Gasteiger partial charge on any atom is -0.465 e. The van der Waals surface area contributed by atoms with Crippen molar-refractivity contribution < 1.29 is 29.0 Å². The number of carbonyl (C=O) groups excluding carboxylic acids is 3. The molecule has 2 bridgehead atoms. The summed E-state index contributed by atoms with van der Waals surface area (Å²) >= 11 is 3.72. The molecule has 3 aliphatic heterocycles. The Morgan fingerprint density at radius 2 is 1.97 bits per heavy atom. The Hall–Kier alpha value is -1.71. The van der Waals surface area contributed by atoms with Gasteiger partial charge in [0.05, 0.1) is 24.5 Å². The number of rotatable bonds is 18. The van der Waals surface area contributed by atoms with Gasteiger partial charge in [0.25, 0.3) is 0 Å². The summed E-state index contributed by atoms with van der Waals surface area (Å²) < 4.78 is 12.3. The van der Waals surface area contributed by atoms with Crippen LogP contribution in [0.4, 0.5) is 0 Å². The van der Waals surface area contributed by atoms with E-state index in [2.05, 4.69) is 36.0 Å². The summed E-state index contributed by atoms with van der Waals surface area (Å²) in [7, 11) is 0. The highest BCUT2D eigenvalue weighted by Crippen LogP contribution is 2.60. The number of aliphatic hydroxyl groups is 1. The number of fused-ring (bicyclic) bond motifs is 1. The first-order chi connectivity index (χ1) is 18.8. The van der Waals surface area contributed by atoms with Crippen molar-refractivity contribution in [2.75, 3.05) is 26.3 Å². The molecule has 3 heterocycles. The van der Waals surface area contributed by atoms with Crippen molar-refractivity contribution in [3.05, 3.63) is 25.3 Å². The Morgan fingerprint density at radius 1 is 1.23 bits per heavy atom. The van der Waals surface area contributed by atoms with Gasteiger partial charge in [-0.25, -0.2) is 0 Å². The number of unbranched alkanes of at least 4 members (excludes halogenated alkanes) is 5. The lowest BCUT2D eigenvalue weighted by Crippen LogP contribution is -2.58. The van der Waals surface area contributed by atoms with E-state index in [0.29, 0.717) is 32.4 Å². The molecule has 8 nitrogen and oxygen atoms in total. The van der Waals surface area contributed by atoms with Gasteiger partial charge in [-0.2, -0.15) is 0 Å². The monoisotopic (exact) mass is 610 g/mol. The summed E-state index contributed by atoms with van der Waals surface area (Å²) in [6, 6.07) is -0.824. The van der Waals surface area contributed by atoms with Gasteiger partial charge in [-0.05, 0) is 51.9 Å². The zero-order chi connectivity index (χ0) is 28.6. The van der Waals surface area contributed by atoms with E-state index < -0.39 is 35.6 Å². The van der Waals surface area contributed by atoms with Crippen molar-refractivity contribution >= 4 is 33.7 Å². The molecule has 0 radical (unpaired) electrons. The van der Waals surface area contributed by atoms with Crippen LogP contribution in [0.1, 0.15) is 78.1 Å². The molecule has 220 valence electrons. The van der Waals surface area contributed by atoms with Crippen LogP contribution >= 0.6 is 15.9 Å². The van der Waals surface area contributed by atoms with Crippen LogP contribution in [0.5, 0.6) is 0 Å². The third-order valence-electron chi connectivity index (χ3n) is 8.50. The van der Waals surface area contributed by atoms with Crippen LogP contribution < -0.4 is 0 Å². The third kappa shape index (κ3) is 6.62. The first kappa shape index (κ1) is 31.8. The second kappa shape index (κ2) is 14.8. The van der Waals surface area contributed by atoms with Crippen LogP contribution in [0.2, 0.25) is 0 Å². The summed E-state index contributed by atoms with van der Waals surface area (Å²) in [5.74, 6) is -2.23. The lowest BCUT2D eigenvalue weighted by molar-refractivity contribution is -0.155. The third-order valence-corrected chi connectivity index (χ3v) is 9.34. The van der Waals surface area contributed by atoms with Crippen LogP contribution in [0.3, 0.4) is 0 Å². The Bertz CT molecular complexity index is 884. The summed E-state index contributed by atoms with van der Waals surface area (Å²) in [6.45, 7) is 12.9. The van der Waals surface area contributed by atoms with Gasteiger partial charge in [-0.15, -0.1) is 13.2 Å². The minimum absolute atomic E-state index is 0.0212. The van der Waals surface area contributed by atoms with Crippen molar-refractivity contribution in [3.63, 3.8) is 0 Å². The normalized spacial score (nSPS) is 29.8. The molecular weight excluding hydrogens is 564 g/mol. The molecule has 1 spiro atoms. The highest BCUT2D eigenvalue weighted by atomic mass is 79.9. The van der Waals surface area contributed by atoms with Crippen LogP contribution in [0.25, 0.3) is 0 Å². The molecule has 3 fully saturated rings. The lowest BCUT2D eigenvalue weighted by atomic mass is 9.70. The predicted octanol–water partition coefficient (Wildman–Crippen LogP) is 4.39. The molecule has 7 atom stereocenters. The van der Waals surface area contributed by atoms with E-state index >= 15 is 0 Å². The molecule has 39 heavy (non-hydrogen) atoms. The highest BCUT2D eigenvalue weighted by Gasteiger charge is 2.77. The predicted molar refractivity (Wildman–Crippen MR) is 154 cm³/mol. The molecule has 4 unspecified atom stereocenters. The molecule has 3 rings (SSSR count). The Morgan fingerprint density at radius 3 is 2.64 bits per heavy atom. The van der Waals surface area contributed by atoms with Gasteiger partial charge in [0.1, 0.15) is 11.6 Å². The number of carbonyl (C=O) groups is 3. The van der Waals surface area contributed by atoms with Gasteiger partial charge in [-0.3, -0.25) is 14.4 Å². The number of halogens is 1. The molecule has 3 aliphatic rings. The average molecular weight is 612 g/mol. The van der Waals surface area contributed by atoms with Gasteiger partial charge in [0.2, 0.25) is 11.8 Å². The van der Waals surface area contributed by atoms with Gasteiger partial charge in [0, 0.05) is 30.6 Å². The quantitative estimate of drug-likeness (QED) is 0.107. The number of hydrogen-bond donors (Lipinski definition) is 1. The Balaban J connectivity index is 1.91. The van der Waals surface area contributed by atoms with Gasteiger partial charge in [0.15, 0.2) is 0 Å². The number of likely N-dealkylation sites (tertiary alicyclic amines) is 1. The Kier molecular flexibility index (Phi) is 12.1. The number of hydrogen-bond acceptors (Lipinski definition) is 6. The van der Waals surface area contributed by atoms with Crippen LogP contribution in [0, 0.1) is 11.8 Å². The van der Waals surface area contributed by atoms with E-state index in [-0.39, 0.29) is 35.9 Å². The maximum Gasteiger partial charge on any atom is 0.312 e. The maximum absolute atomic E-state index is 14.4. The SMILES string of the molecule is C=CCCCCOC(=O)[C@H]1[C@@H]2OC3(CC2Br)C(C(=O)N(CC=C)C(C)CCC)N(CCCCCCO)C(=O)[C@H]13. The molecular formula is C30H47BrN2O6. The summed E-state index contributed by atoms with van der Waals surface area (Å²) in [5.41, 5.74) is -1.07. The van der Waals surface area contributed by atoms with E-state index in [1.165, 1.54) is 0 Å². The smallest absolute Gasteiger partial charge is 0.312 e. The van der Waals surface area contributed by atoms with E-state index in [1.54, 1.807) is 11.0 Å². The molecule has 0 aliphatic carbocycles. The maximum atomic E-state index is 14.4. The number of nitrogens with zero attached hydrogens (tertiary/aromatic N) is 2. The van der Waals surface area contributed by atoms with Crippen molar-refractivity contribution in [3.8, 4) is 0 Å². The fourth-order valence-electron chi connectivity index (χ4n) is 6.68. The molecule has 0 saturated carbocycles. The highest BCUT2D eigenvalue weighted by molar-refractivity contribution is 9.09. The number of amides is 2. The van der Waals surface area contributed by atoms with Crippen molar-refractivity contribution in [2.24, 2.45) is 11.8 Å². The van der Waals surface area contributed by atoms with E-state index in [1.807, 2.05) is 17.9 Å². The summed E-state index contributed by atoms with van der Waals surface area (Å²) in [4.78, 5) is 45.2. The van der Waals surface area contributed by atoms with Crippen LogP contribution in [-0.4, -0.2) is 87.6 Å². The first-order valence-corrected chi connectivity index (χ1v) is 15.6. The molecule has 0 aromatic rings. The minimum atomic E-state index is -1.07. The van der Waals surface area contributed by atoms with Gasteiger partial charge in [-0.1, -0.05) is 54.3 Å². The van der Waals surface area contributed by atoms with Gasteiger partial charge >= 0.3 is 5.97 Å². The number of ether oxygens (including phenoxy) is 2. The molecule has 1 N–H and O–H groups in total. The molecule has 2 amide bonds. The zero-order valence-electron chi connectivity index (χ0n) is 23.7. The molecule has 0 aromatic heterocycles. The van der Waals surface area contributed by atoms with Crippen molar-refractivity contribution in [2.45, 2.75) is 107 Å². The second-order valence-corrected chi connectivity index (χ2v) is 12.4. The van der Waals surface area contributed by atoms with Crippen molar-refractivity contribution in [1.82, 2.24) is 9.80 Å². The van der Waals surface area contributed by atoms with E-state index in [0.717, 1.165) is 44.9 Å². The average Bonchev–Trinajstić information content (AvgIpc) is 3.50. The standard InChI is InChI=1S/C30H47BrN2O6/c1-5-8-9-14-19-38-29(37)23-24-27(35)33(17-12-10-11-13-18-34)26(30(24)20-22(31)25(23)39-30)28(36)32(16-7-3)21(4)15-6-2/h5,7,21-26,34H,1,3,6,8-20H2,2,4H3/t21?,22?,23-,24+,25-,26?,30?/m1/s1. The second-order valence-electron chi connectivity index (χ2n) is 11.2. The van der Waals surface area contributed by atoms with E-state index in [9.17, 15) is 14.4 Å². The van der Waals surface area contributed by atoms with Crippen LogP contribution in [0.15, 0.2) is 25.3 Å². The topological polar surface area (TPSA) is 96.4 Å². The summed E-state index contributed by atoms with van der Waals surface area (Å²) in [5, 5.41) is 9.14. The zero-order valence-corrected chi connectivity index (χ0v) is 25.3. The first-order valence-electron chi connectivity index (χ1n) is 14.7. The lowest BCUT2D eigenvalue weighted by Gasteiger charge is -2.39. The van der Waals surface area contributed by atoms with E-state index in [4.69, 9.17) is 14.6 Å². The number of allylic oxidation sites excluding steroid dienone is 1. The Labute approximate surface area is 242 Å². The van der Waals surface area contributed by atoms with Crippen molar-refractivity contribution in [1.29, 1.82) is 0 Å². The molecule has 3 saturated heterocycles.